The van der Waals surface area contributed by atoms with Crippen molar-refractivity contribution in [3.63, 3.8) is 0 Å². The van der Waals surface area contributed by atoms with E-state index in [4.69, 9.17) is 0 Å². The molecule has 0 heterocycles. The standard InChI is InChI=1S/C16H13BrFNO/c1-11-10-14(18)6-7-15(11)19-9-8-16(20)12-2-4-13(17)5-3-12/h2-10,19H,1H3/b9-8+. The minimum absolute atomic E-state index is 0.0928. The second-order valence-corrected chi connectivity index (χ2v) is 5.22. The van der Waals surface area contributed by atoms with Gasteiger partial charge in [-0.3, -0.25) is 4.79 Å². The molecule has 2 rings (SSSR count). The van der Waals surface area contributed by atoms with Gasteiger partial charge < -0.3 is 5.32 Å². The number of nitrogens with one attached hydrogen (secondary N) is 1. The molecule has 0 atom stereocenters. The van der Waals surface area contributed by atoms with E-state index in [2.05, 4.69) is 21.2 Å². The first-order valence-electron chi connectivity index (χ1n) is 6.05. The van der Waals surface area contributed by atoms with Crippen molar-refractivity contribution < 1.29 is 9.18 Å². The van der Waals surface area contributed by atoms with E-state index in [0.29, 0.717) is 5.56 Å². The normalized spacial score (nSPS) is 10.8. The maximum Gasteiger partial charge on any atom is 0.187 e. The molecular weight excluding hydrogens is 321 g/mol. The van der Waals surface area contributed by atoms with Crippen LogP contribution in [0.3, 0.4) is 0 Å². The number of halogens is 2. The number of allylic oxidation sites excluding steroid dienone is 1. The summed E-state index contributed by atoms with van der Waals surface area (Å²) in [5.74, 6) is -0.368. The zero-order chi connectivity index (χ0) is 14.5. The fraction of sp³-hybridized carbons (Fsp3) is 0.0625. The highest BCUT2D eigenvalue weighted by Crippen LogP contribution is 2.16. The van der Waals surface area contributed by atoms with Gasteiger partial charge in [-0.05, 0) is 55.0 Å². The van der Waals surface area contributed by atoms with Crippen molar-refractivity contribution in [1.29, 1.82) is 0 Å². The van der Waals surface area contributed by atoms with Gasteiger partial charge in [-0.25, -0.2) is 4.39 Å². The molecule has 0 aliphatic carbocycles. The predicted molar refractivity (Wildman–Crippen MR) is 82.4 cm³/mol. The Hall–Kier alpha value is -1.94. The minimum Gasteiger partial charge on any atom is -0.361 e. The lowest BCUT2D eigenvalue weighted by Crippen LogP contribution is -1.97. The lowest BCUT2D eigenvalue weighted by atomic mass is 10.1. The third-order valence-electron chi connectivity index (χ3n) is 2.79. The molecule has 0 aliphatic heterocycles. The van der Waals surface area contributed by atoms with Crippen LogP contribution in [0.2, 0.25) is 0 Å². The van der Waals surface area contributed by atoms with Gasteiger partial charge in [-0.1, -0.05) is 15.9 Å². The van der Waals surface area contributed by atoms with Gasteiger partial charge in [0.15, 0.2) is 5.78 Å². The fourth-order valence-electron chi connectivity index (χ4n) is 1.71. The van der Waals surface area contributed by atoms with Crippen LogP contribution in [0, 0.1) is 12.7 Å². The molecule has 0 aliphatic rings. The zero-order valence-electron chi connectivity index (χ0n) is 10.9. The van der Waals surface area contributed by atoms with E-state index in [1.807, 2.05) is 12.1 Å². The Labute approximate surface area is 125 Å². The SMILES string of the molecule is Cc1cc(F)ccc1N/C=C/C(=O)c1ccc(Br)cc1. The third kappa shape index (κ3) is 3.78. The van der Waals surface area contributed by atoms with Gasteiger partial charge >= 0.3 is 0 Å². The Morgan fingerprint density at radius 1 is 1.20 bits per heavy atom. The fourth-order valence-corrected chi connectivity index (χ4v) is 1.97. The molecule has 0 bridgehead atoms. The quantitative estimate of drug-likeness (QED) is 0.648. The van der Waals surface area contributed by atoms with Crippen molar-refractivity contribution in [3.8, 4) is 0 Å². The van der Waals surface area contributed by atoms with Crippen molar-refractivity contribution in [2.75, 3.05) is 5.32 Å². The van der Waals surface area contributed by atoms with E-state index in [1.165, 1.54) is 18.2 Å². The van der Waals surface area contributed by atoms with E-state index in [0.717, 1.165) is 15.7 Å². The largest absolute Gasteiger partial charge is 0.361 e. The molecule has 0 aromatic heterocycles. The van der Waals surface area contributed by atoms with Gasteiger partial charge in [0.2, 0.25) is 0 Å². The van der Waals surface area contributed by atoms with Crippen molar-refractivity contribution in [2.24, 2.45) is 0 Å². The van der Waals surface area contributed by atoms with Gasteiger partial charge in [0, 0.05) is 28.0 Å². The van der Waals surface area contributed by atoms with E-state index < -0.39 is 0 Å². The number of benzene rings is 2. The number of aryl methyl sites for hydroxylation is 1. The maximum atomic E-state index is 12.9. The van der Waals surface area contributed by atoms with Gasteiger partial charge in [0.25, 0.3) is 0 Å². The van der Waals surface area contributed by atoms with Crippen molar-refractivity contribution in [1.82, 2.24) is 0 Å². The van der Waals surface area contributed by atoms with Crippen LogP contribution < -0.4 is 5.32 Å². The molecule has 102 valence electrons. The average Bonchev–Trinajstić information content (AvgIpc) is 2.42. The molecule has 0 saturated carbocycles. The Balaban J connectivity index is 2.02. The Kier molecular flexibility index (Phi) is 4.69. The van der Waals surface area contributed by atoms with Crippen LogP contribution in [-0.4, -0.2) is 5.78 Å². The predicted octanol–water partition coefficient (Wildman–Crippen LogP) is 4.71. The topological polar surface area (TPSA) is 29.1 Å². The van der Waals surface area contributed by atoms with Gasteiger partial charge in [0.1, 0.15) is 5.82 Å². The summed E-state index contributed by atoms with van der Waals surface area (Å²) >= 11 is 3.32. The lowest BCUT2D eigenvalue weighted by molar-refractivity contribution is 0.104. The number of carbonyl (C=O) groups is 1. The highest BCUT2D eigenvalue weighted by molar-refractivity contribution is 9.10. The molecule has 0 spiro atoms. The first kappa shape index (κ1) is 14.5. The number of rotatable bonds is 4. The second-order valence-electron chi connectivity index (χ2n) is 4.31. The molecule has 0 unspecified atom stereocenters. The highest BCUT2D eigenvalue weighted by atomic mass is 79.9. The van der Waals surface area contributed by atoms with Gasteiger partial charge in [0.05, 0.1) is 0 Å². The van der Waals surface area contributed by atoms with Crippen molar-refractivity contribution in [2.45, 2.75) is 6.92 Å². The number of hydrogen-bond acceptors (Lipinski definition) is 2. The first-order chi connectivity index (χ1) is 9.56. The van der Waals surface area contributed by atoms with Crippen LogP contribution in [0.5, 0.6) is 0 Å². The van der Waals surface area contributed by atoms with E-state index in [-0.39, 0.29) is 11.6 Å². The summed E-state index contributed by atoms with van der Waals surface area (Å²) in [6, 6.07) is 11.6. The highest BCUT2D eigenvalue weighted by Gasteiger charge is 2.01. The molecule has 0 fully saturated rings. The second kappa shape index (κ2) is 6.48. The summed E-state index contributed by atoms with van der Waals surface area (Å²) in [4.78, 5) is 11.9. The number of hydrogen-bond donors (Lipinski definition) is 1. The maximum absolute atomic E-state index is 12.9. The number of anilines is 1. The molecule has 0 amide bonds. The molecule has 4 heteroatoms. The summed E-state index contributed by atoms with van der Waals surface area (Å²) in [5.41, 5.74) is 2.17. The molecule has 2 nitrogen and oxygen atoms in total. The minimum atomic E-state index is -0.275. The number of carbonyl (C=O) groups excluding carboxylic acids is 1. The summed E-state index contributed by atoms with van der Waals surface area (Å²) in [6.45, 7) is 1.80. The van der Waals surface area contributed by atoms with Crippen LogP contribution >= 0.6 is 15.9 Å². The molecule has 2 aromatic carbocycles. The molecule has 0 saturated heterocycles. The molecule has 0 radical (unpaired) electrons. The third-order valence-corrected chi connectivity index (χ3v) is 3.32. The molecular formula is C16H13BrFNO. The molecule has 20 heavy (non-hydrogen) atoms. The Morgan fingerprint density at radius 3 is 2.55 bits per heavy atom. The van der Waals surface area contributed by atoms with Crippen molar-refractivity contribution in [3.05, 3.63) is 76.2 Å². The van der Waals surface area contributed by atoms with Crippen molar-refractivity contribution >= 4 is 27.4 Å². The summed E-state index contributed by atoms with van der Waals surface area (Å²) in [5, 5.41) is 2.97. The van der Waals surface area contributed by atoms with Crippen LogP contribution in [0.25, 0.3) is 0 Å². The monoisotopic (exact) mass is 333 g/mol. The Morgan fingerprint density at radius 2 is 1.90 bits per heavy atom. The van der Waals surface area contributed by atoms with Gasteiger partial charge in [-0.2, -0.15) is 0 Å². The summed E-state index contributed by atoms with van der Waals surface area (Å²) < 4.78 is 13.9. The van der Waals surface area contributed by atoms with E-state index in [9.17, 15) is 9.18 Å². The van der Waals surface area contributed by atoms with Crippen LogP contribution in [0.1, 0.15) is 15.9 Å². The first-order valence-corrected chi connectivity index (χ1v) is 6.85. The van der Waals surface area contributed by atoms with Crippen LogP contribution in [0.15, 0.2) is 59.2 Å². The van der Waals surface area contributed by atoms with Gasteiger partial charge in [-0.15, -0.1) is 0 Å². The lowest BCUT2D eigenvalue weighted by Gasteiger charge is -2.04. The smallest absolute Gasteiger partial charge is 0.187 e. The average molecular weight is 334 g/mol. The van der Waals surface area contributed by atoms with Crippen LogP contribution in [0.4, 0.5) is 10.1 Å². The number of ketones is 1. The van der Waals surface area contributed by atoms with E-state index >= 15 is 0 Å². The molecule has 1 N–H and O–H groups in total. The summed E-state index contributed by atoms with van der Waals surface area (Å²) in [6.07, 6.45) is 3.01. The molecule has 2 aromatic rings. The zero-order valence-corrected chi connectivity index (χ0v) is 12.4. The Bertz CT molecular complexity index is 650. The van der Waals surface area contributed by atoms with E-state index in [1.54, 1.807) is 31.3 Å². The summed E-state index contributed by atoms with van der Waals surface area (Å²) in [7, 11) is 0. The van der Waals surface area contributed by atoms with Crippen LogP contribution in [-0.2, 0) is 0 Å².